The molecule has 5 aromatic rings. The number of hydrogen-bond acceptors (Lipinski definition) is 9. The molecule has 55 heavy (non-hydrogen) atoms. The average Bonchev–Trinajstić information content (AvgIpc) is 3.81. The first-order chi connectivity index (χ1) is 26.6. The predicted octanol–water partition coefficient (Wildman–Crippen LogP) is 5.97. The Balaban J connectivity index is 0.914. The lowest BCUT2D eigenvalue weighted by atomic mass is 9.89. The number of nitrogens with one attached hydrogen (secondary N) is 2. The van der Waals surface area contributed by atoms with Gasteiger partial charge in [0.1, 0.15) is 23.4 Å². The highest BCUT2D eigenvalue weighted by atomic mass is 32.1. The zero-order valence-corrected chi connectivity index (χ0v) is 30.3. The number of halogens is 2. The molecule has 3 aliphatic heterocycles. The summed E-state index contributed by atoms with van der Waals surface area (Å²) in [5.41, 5.74) is 5.02. The summed E-state index contributed by atoms with van der Waals surface area (Å²) >= 11 is 1.20. The number of thiazole rings is 1. The number of piperidine rings is 1. The SMILES string of the molecule is O=C1CCC(c2ccc(CN3CCN(c4ccc(-c5ccc6c(c5)C(=O)N(C(C(=O)Nc5nccs5)c5cc(F)ccc5O)C6)cc4)CC3)cc2F)C(=O)N1. The standard InChI is InChI=1S/C41H36F2N6O5S/c42-28-6-11-35(50)33(21-28)37(39(53)46-41-44-13-18-55-41)49-23-27-3-2-26(20-32(27)40(49)54)25-4-7-29(8-5-25)48-16-14-47(15-17-48)22-24-1-9-30(34(43)19-24)31-10-12-36(51)45-38(31)52/h1-9,11,13,18-21,31,37,50H,10,12,14-17,22-23H2,(H,44,46,53)(H,45,51,52). The Labute approximate surface area is 319 Å². The van der Waals surface area contributed by atoms with Crippen LogP contribution in [0.3, 0.4) is 0 Å². The summed E-state index contributed by atoms with van der Waals surface area (Å²) in [6.07, 6.45) is 2.03. The van der Waals surface area contributed by atoms with Crippen LogP contribution in [0.4, 0.5) is 19.6 Å². The molecule has 2 atom stereocenters. The van der Waals surface area contributed by atoms with Gasteiger partial charge in [-0.3, -0.25) is 34.7 Å². The van der Waals surface area contributed by atoms with Gasteiger partial charge in [-0.25, -0.2) is 13.8 Å². The Morgan fingerprint density at radius 1 is 0.945 bits per heavy atom. The number of aromatic hydroxyl groups is 1. The molecule has 280 valence electrons. The number of hydrogen-bond donors (Lipinski definition) is 3. The molecule has 8 rings (SSSR count). The van der Waals surface area contributed by atoms with E-state index in [2.05, 4.69) is 25.4 Å². The first kappa shape index (κ1) is 36.0. The van der Waals surface area contributed by atoms with Crippen LogP contribution in [0.15, 0.2) is 90.4 Å². The van der Waals surface area contributed by atoms with Gasteiger partial charge in [0.15, 0.2) is 5.13 Å². The Kier molecular flexibility index (Phi) is 9.84. The fourth-order valence-corrected chi connectivity index (χ4v) is 8.13. The topological polar surface area (TPSA) is 135 Å². The monoisotopic (exact) mass is 762 g/mol. The van der Waals surface area contributed by atoms with Crippen molar-refractivity contribution in [1.29, 1.82) is 0 Å². The second-order valence-corrected chi connectivity index (χ2v) is 14.8. The van der Waals surface area contributed by atoms with E-state index in [-0.39, 0.29) is 30.2 Å². The number of amides is 4. The number of aromatic nitrogens is 1. The van der Waals surface area contributed by atoms with Gasteiger partial charge in [-0.15, -0.1) is 11.3 Å². The van der Waals surface area contributed by atoms with Gasteiger partial charge in [0.2, 0.25) is 11.8 Å². The summed E-state index contributed by atoms with van der Waals surface area (Å²) in [4.78, 5) is 61.2. The van der Waals surface area contributed by atoms with Gasteiger partial charge in [0.25, 0.3) is 11.8 Å². The summed E-state index contributed by atoms with van der Waals surface area (Å²) in [7, 11) is 0. The average molecular weight is 763 g/mol. The van der Waals surface area contributed by atoms with E-state index >= 15 is 4.39 Å². The summed E-state index contributed by atoms with van der Waals surface area (Å²) < 4.78 is 29.4. The zero-order valence-electron chi connectivity index (χ0n) is 29.5. The maximum absolute atomic E-state index is 15.1. The van der Waals surface area contributed by atoms with E-state index in [0.717, 1.165) is 60.7 Å². The van der Waals surface area contributed by atoms with Gasteiger partial charge in [0.05, 0.1) is 5.92 Å². The first-order valence-corrected chi connectivity index (χ1v) is 18.8. The van der Waals surface area contributed by atoms with Crippen molar-refractivity contribution in [1.82, 2.24) is 20.1 Å². The highest BCUT2D eigenvalue weighted by Crippen LogP contribution is 2.38. The van der Waals surface area contributed by atoms with Crippen LogP contribution < -0.4 is 15.5 Å². The second-order valence-electron chi connectivity index (χ2n) is 13.9. The normalized spacial score (nSPS) is 17.9. The van der Waals surface area contributed by atoms with Crippen molar-refractivity contribution in [2.24, 2.45) is 0 Å². The summed E-state index contributed by atoms with van der Waals surface area (Å²) in [6.45, 7) is 3.77. The molecule has 3 aliphatic rings. The number of nitrogens with zero attached hydrogens (tertiary/aromatic N) is 4. The van der Waals surface area contributed by atoms with Gasteiger partial charge in [-0.2, -0.15) is 0 Å². The molecular weight excluding hydrogens is 727 g/mol. The molecule has 4 amide bonds. The number of benzene rings is 4. The predicted molar refractivity (Wildman–Crippen MR) is 202 cm³/mol. The molecule has 11 nitrogen and oxygen atoms in total. The van der Waals surface area contributed by atoms with Crippen LogP contribution in [0, 0.1) is 11.6 Å². The number of rotatable bonds is 9. The molecule has 2 unspecified atom stereocenters. The third-order valence-corrected chi connectivity index (χ3v) is 11.2. The van der Waals surface area contributed by atoms with Crippen molar-refractivity contribution in [2.45, 2.75) is 37.9 Å². The number of phenolic OH excluding ortho intramolecular Hbond substituents is 1. The Bertz CT molecular complexity index is 2300. The van der Waals surface area contributed by atoms with Crippen LogP contribution >= 0.6 is 11.3 Å². The number of piperazine rings is 1. The Hall–Kier alpha value is -5.99. The van der Waals surface area contributed by atoms with E-state index in [4.69, 9.17) is 0 Å². The number of phenols is 1. The van der Waals surface area contributed by atoms with Crippen molar-refractivity contribution in [2.75, 3.05) is 36.4 Å². The van der Waals surface area contributed by atoms with E-state index in [1.54, 1.807) is 17.5 Å². The van der Waals surface area contributed by atoms with Crippen molar-refractivity contribution in [3.63, 3.8) is 0 Å². The smallest absolute Gasteiger partial charge is 0.255 e. The molecule has 14 heteroatoms. The van der Waals surface area contributed by atoms with E-state index < -0.39 is 41.3 Å². The molecule has 3 N–H and O–H groups in total. The van der Waals surface area contributed by atoms with Crippen LogP contribution in [-0.2, 0) is 27.5 Å². The van der Waals surface area contributed by atoms with Crippen LogP contribution in [-0.4, -0.2) is 69.7 Å². The Morgan fingerprint density at radius 3 is 2.45 bits per heavy atom. The minimum atomic E-state index is -1.31. The third-order valence-electron chi connectivity index (χ3n) is 10.5. The Morgan fingerprint density at radius 2 is 1.73 bits per heavy atom. The lowest BCUT2D eigenvalue weighted by Gasteiger charge is -2.36. The van der Waals surface area contributed by atoms with Gasteiger partial charge < -0.3 is 14.9 Å². The number of carbonyl (C=O) groups excluding carboxylic acids is 4. The van der Waals surface area contributed by atoms with Crippen LogP contribution in [0.2, 0.25) is 0 Å². The molecule has 0 radical (unpaired) electrons. The fraction of sp³-hybridized carbons (Fsp3) is 0.244. The van der Waals surface area contributed by atoms with E-state index in [1.807, 2.05) is 42.5 Å². The maximum Gasteiger partial charge on any atom is 0.255 e. The molecule has 4 heterocycles. The number of anilines is 2. The summed E-state index contributed by atoms with van der Waals surface area (Å²) in [5, 5.41) is 17.7. The second kappa shape index (κ2) is 15.0. The van der Waals surface area contributed by atoms with E-state index in [9.17, 15) is 28.7 Å². The van der Waals surface area contributed by atoms with Gasteiger partial charge >= 0.3 is 0 Å². The molecule has 0 saturated carbocycles. The van der Waals surface area contributed by atoms with E-state index in [1.165, 1.54) is 34.6 Å². The molecule has 2 fully saturated rings. The zero-order chi connectivity index (χ0) is 38.2. The minimum Gasteiger partial charge on any atom is -0.508 e. The number of fused-ring (bicyclic) bond motifs is 1. The van der Waals surface area contributed by atoms with Crippen molar-refractivity contribution >= 4 is 45.8 Å². The summed E-state index contributed by atoms with van der Waals surface area (Å²) in [5.74, 6) is -3.86. The van der Waals surface area contributed by atoms with Crippen molar-refractivity contribution in [3.05, 3.63) is 130 Å². The molecule has 2 saturated heterocycles. The lowest BCUT2D eigenvalue weighted by Crippen LogP contribution is -2.46. The first-order valence-electron chi connectivity index (χ1n) is 17.9. The summed E-state index contributed by atoms with van der Waals surface area (Å²) in [6, 6.07) is 20.7. The third kappa shape index (κ3) is 7.42. The molecule has 4 aromatic carbocycles. The molecule has 1 aromatic heterocycles. The number of imide groups is 1. The largest absolute Gasteiger partial charge is 0.508 e. The molecule has 0 bridgehead atoms. The van der Waals surface area contributed by atoms with E-state index in [0.29, 0.717) is 34.8 Å². The fourth-order valence-electron chi connectivity index (χ4n) is 7.59. The molecule has 0 aliphatic carbocycles. The van der Waals surface area contributed by atoms with Gasteiger partial charge in [0, 0.05) is 79.6 Å². The highest BCUT2D eigenvalue weighted by Gasteiger charge is 2.39. The van der Waals surface area contributed by atoms with Gasteiger partial charge in [-0.05, 0) is 71.1 Å². The minimum absolute atomic E-state index is 0.0264. The number of carbonyl (C=O) groups is 4. The lowest BCUT2D eigenvalue weighted by molar-refractivity contribution is -0.134. The van der Waals surface area contributed by atoms with Crippen LogP contribution in [0.5, 0.6) is 5.75 Å². The molecular formula is C41H36F2N6O5S. The molecule has 0 spiro atoms. The van der Waals surface area contributed by atoms with Crippen molar-refractivity contribution in [3.8, 4) is 16.9 Å². The maximum atomic E-state index is 15.1. The highest BCUT2D eigenvalue weighted by molar-refractivity contribution is 7.13. The van der Waals surface area contributed by atoms with Gasteiger partial charge in [-0.1, -0.05) is 36.4 Å². The van der Waals surface area contributed by atoms with Crippen LogP contribution in [0.1, 0.15) is 57.4 Å². The van der Waals surface area contributed by atoms with Crippen molar-refractivity contribution < 1.29 is 33.1 Å². The quantitative estimate of drug-likeness (QED) is 0.157. The van der Waals surface area contributed by atoms with Crippen LogP contribution in [0.25, 0.3) is 11.1 Å².